The average molecular weight is 139 g/mol. The molecule has 3 unspecified atom stereocenters. The average Bonchev–Trinajstić information content (AvgIpc) is 2.33. The molecule has 1 aliphatic heterocycles. The molecule has 2 rings (SSSR count). The highest BCUT2D eigenvalue weighted by molar-refractivity contribution is 4.86. The first-order valence-corrected chi connectivity index (χ1v) is 4.59. The molecule has 1 nitrogen and oxygen atoms in total. The fourth-order valence-electron chi connectivity index (χ4n) is 2.58. The van der Waals surface area contributed by atoms with Crippen LogP contribution in [0.3, 0.4) is 0 Å². The van der Waals surface area contributed by atoms with Crippen LogP contribution in [0.5, 0.6) is 0 Å². The van der Waals surface area contributed by atoms with Crippen molar-refractivity contribution in [1.82, 2.24) is 5.32 Å². The normalized spacial score (nSPS) is 47.1. The maximum absolute atomic E-state index is 3.55. The highest BCUT2D eigenvalue weighted by Gasteiger charge is 2.31. The molecule has 0 spiro atoms. The molecule has 0 amide bonds. The van der Waals surface area contributed by atoms with Gasteiger partial charge in [-0.2, -0.15) is 0 Å². The van der Waals surface area contributed by atoms with Crippen molar-refractivity contribution in [2.75, 3.05) is 6.54 Å². The Kier molecular flexibility index (Phi) is 1.69. The first kappa shape index (κ1) is 6.66. The van der Waals surface area contributed by atoms with Crippen LogP contribution < -0.4 is 5.32 Å². The summed E-state index contributed by atoms with van der Waals surface area (Å²) in [6.45, 7) is 3.61. The molecule has 0 aromatic heterocycles. The van der Waals surface area contributed by atoms with Gasteiger partial charge in [-0.05, 0) is 38.1 Å². The second-order valence-corrected chi connectivity index (χ2v) is 4.00. The second-order valence-electron chi connectivity index (χ2n) is 4.00. The number of rotatable bonds is 0. The first-order chi connectivity index (χ1) is 4.86. The van der Waals surface area contributed by atoms with Crippen LogP contribution in [0.15, 0.2) is 0 Å². The van der Waals surface area contributed by atoms with Crippen LogP contribution >= 0.6 is 0 Å². The summed E-state index contributed by atoms with van der Waals surface area (Å²) in [5.41, 5.74) is 0. The fourth-order valence-corrected chi connectivity index (χ4v) is 2.58. The zero-order valence-electron chi connectivity index (χ0n) is 6.77. The van der Waals surface area contributed by atoms with Gasteiger partial charge in [0.2, 0.25) is 0 Å². The van der Waals surface area contributed by atoms with E-state index in [0.717, 1.165) is 17.9 Å². The van der Waals surface area contributed by atoms with E-state index in [-0.39, 0.29) is 0 Å². The number of hydrogen-bond acceptors (Lipinski definition) is 1. The van der Waals surface area contributed by atoms with Crippen LogP contribution in [0.25, 0.3) is 0 Å². The van der Waals surface area contributed by atoms with E-state index in [2.05, 4.69) is 12.2 Å². The summed E-state index contributed by atoms with van der Waals surface area (Å²) in [6, 6.07) is 0.791. The third kappa shape index (κ3) is 1.07. The zero-order valence-corrected chi connectivity index (χ0v) is 6.77. The Morgan fingerprint density at radius 3 is 2.90 bits per heavy atom. The van der Waals surface area contributed by atoms with Gasteiger partial charge < -0.3 is 5.32 Å². The minimum atomic E-state index is 0.791. The predicted molar refractivity (Wildman–Crippen MR) is 42.9 cm³/mol. The van der Waals surface area contributed by atoms with Gasteiger partial charge in [0.05, 0.1) is 0 Å². The fraction of sp³-hybridized carbons (Fsp3) is 1.00. The number of nitrogens with one attached hydrogen (secondary N) is 1. The molecule has 58 valence electrons. The van der Waals surface area contributed by atoms with Gasteiger partial charge in [-0.15, -0.1) is 0 Å². The van der Waals surface area contributed by atoms with Crippen molar-refractivity contribution in [3.05, 3.63) is 0 Å². The molecule has 0 aromatic carbocycles. The van der Waals surface area contributed by atoms with Crippen molar-refractivity contribution in [3.8, 4) is 0 Å². The lowest BCUT2D eigenvalue weighted by Gasteiger charge is -2.30. The van der Waals surface area contributed by atoms with Crippen LogP contribution in [0.4, 0.5) is 0 Å². The summed E-state index contributed by atoms with van der Waals surface area (Å²) in [5, 5.41) is 3.55. The monoisotopic (exact) mass is 139 g/mol. The van der Waals surface area contributed by atoms with Gasteiger partial charge >= 0.3 is 0 Å². The zero-order chi connectivity index (χ0) is 6.97. The van der Waals surface area contributed by atoms with Crippen molar-refractivity contribution < 1.29 is 0 Å². The number of hydrogen-bond donors (Lipinski definition) is 1. The van der Waals surface area contributed by atoms with E-state index in [0.29, 0.717) is 0 Å². The smallest absolute Gasteiger partial charge is 0.00415 e. The van der Waals surface area contributed by atoms with Gasteiger partial charge in [0.25, 0.3) is 0 Å². The van der Waals surface area contributed by atoms with Gasteiger partial charge in [-0.1, -0.05) is 12.8 Å². The van der Waals surface area contributed by atoms with Crippen LogP contribution in [0.1, 0.15) is 32.6 Å². The lowest BCUT2D eigenvalue weighted by Crippen LogP contribution is -2.40. The van der Waals surface area contributed by atoms with E-state index in [1.807, 2.05) is 0 Å². The molecule has 3 atom stereocenters. The maximum atomic E-state index is 3.55. The molecule has 0 bridgehead atoms. The van der Waals surface area contributed by atoms with Gasteiger partial charge in [-0.25, -0.2) is 0 Å². The minimum absolute atomic E-state index is 0.791. The van der Waals surface area contributed by atoms with Crippen LogP contribution in [-0.2, 0) is 0 Å². The highest BCUT2D eigenvalue weighted by atomic mass is 14.9. The largest absolute Gasteiger partial charge is 0.314 e. The lowest BCUT2D eigenvalue weighted by molar-refractivity contribution is 0.251. The summed E-state index contributed by atoms with van der Waals surface area (Å²) in [5.74, 6) is 2.12. The van der Waals surface area contributed by atoms with E-state index >= 15 is 0 Å². The summed E-state index contributed by atoms with van der Waals surface area (Å²) in [7, 11) is 0. The Labute approximate surface area is 63.2 Å². The van der Waals surface area contributed by atoms with E-state index < -0.39 is 0 Å². The van der Waals surface area contributed by atoms with E-state index in [1.165, 1.54) is 32.2 Å². The molecule has 1 saturated carbocycles. The van der Waals surface area contributed by atoms with Gasteiger partial charge in [0, 0.05) is 6.04 Å². The Hall–Kier alpha value is -0.0400. The molecule has 2 aliphatic rings. The van der Waals surface area contributed by atoms with Crippen LogP contribution in [0.2, 0.25) is 0 Å². The van der Waals surface area contributed by atoms with Crippen molar-refractivity contribution >= 4 is 0 Å². The standard InChI is InChI=1S/C9H17N/c1-7-5-8-3-2-4-9(8)6-10-7/h7-10H,2-6H2,1H3. The molecule has 1 heterocycles. The van der Waals surface area contributed by atoms with Crippen molar-refractivity contribution in [1.29, 1.82) is 0 Å². The molecule has 2 fully saturated rings. The van der Waals surface area contributed by atoms with E-state index in [4.69, 9.17) is 0 Å². The third-order valence-electron chi connectivity index (χ3n) is 3.20. The maximum Gasteiger partial charge on any atom is 0.00415 e. The quantitative estimate of drug-likeness (QED) is 0.539. The Morgan fingerprint density at radius 1 is 1.20 bits per heavy atom. The predicted octanol–water partition coefficient (Wildman–Crippen LogP) is 1.78. The van der Waals surface area contributed by atoms with Gasteiger partial charge in [-0.3, -0.25) is 0 Å². The Bertz CT molecular complexity index is 122. The number of fused-ring (bicyclic) bond motifs is 1. The van der Waals surface area contributed by atoms with Crippen molar-refractivity contribution in [3.63, 3.8) is 0 Å². The topological polar surface area (TPSA) is 12.0 Å². The molecule has 1 heteroatoms. The second kappa shape index (κ2) is 2.54. The van der Waals surface area contributed by atoms with Crippen LogP contribution in [-0.4, -0.2) is 12.6 Å². The SMILES string of the molecule is CC1CC2CCCC2CN1. The summed E-state index contributed by atoms with van der Waals surface area (Å²) in [4.78, 5) is 0. The molecule has 1 aliphatic carbocycles. The molecular formula is C9H17N. The lowest BCUT2D eigenvalue weighted by atomic mass is 9.86. The Morgan fingerprint density at radius 2 is 2.00 bits per heavy atom. The van der Waals surface area contributed by atoms with Crippen molar-refractivity contribution in [2.45, 2.75) is 38.6 Å². The third-order valence-corrected chi connectivity index (χ3v) is 3.20. The molecular weight excluding hydrogens is 122 g/mol. The Balaban J connectivity index is 1.96. The van der Waals surface area contributed by atoms with Crippen molar-refractivity contribution in [2.24, 2.45) is 11.8 Å². The molecule has 1 saturated heterocycles. The minimum Gasteiger partial charge on any atom is -0.314 e. The van der Waals surface area contributed by atoms with E-state index in [9.17, 15) is 0 Å². The first-order valence-electron chi connectivity index (χ1n) is 4.59. The van der Waals surface area contributed by atoms with Crippen LogP contribution in [0, 0.1) is 11.8 Å². The summed E-state index contributed by atoms with van der Waals surface area (Å²) in [6.07, 6.45) is 5.93. The molecule has 0 aromatic rings. The molecule has 10 heavy (non-hydrogen) atoms. The highest BCUT2D eigenvalue weighted by Crippen LogP contribution is 2.36. The summed E-state index contributed by atoms with van der Waals surface area (Å²) >= 11 is 0. The van der Waals surface area contributed by atoms with E-state index in [1.54, 1.807) is 0 Å². The molecule has 0 radical (unpaired) electrons. The van der Waals surface area contributed by atoms with Gasteiger partial charge in [0.15, 0.2) is 0 Å². The molecule has 1 N–H and O–H groups in total. The summed E-state index contributed by atoms with van der Waals surface area (Å²) < 4.78 is 0. The number of piperidine rings is 1. The van der Waals surface area contributed by atoms with Gasteiger partial charge in [0.1, 0.15) is 0 Å².